The Labute approximate surface area is 198 Å². The molecule has 1 aliphatic heterocycles. The van der Waals surface area contributed by atoms with E-state index in [4.69, 9.17) is 9.47 Å². The van der Waals surface area contributed by atoms with Crippen LogP contribution in [0.25, 0.3) is 5.69 Å². The highest BCUT2D eigenvalue weighted by atomic mass is 19.1. The van der Waals surface area contributed by atoms with Crippen molar-refractivity contribution in [1.82, 2.24) is 14.5 Å². The number of aliphatic hydroxyl groups excluding tert-OH is 1. The number of hydrogen-bond donors (Lipinski definition) is 1. The summed E-state index contributed by atoms with van der Waals surface area (Å²) in [4.78, 5) is 19.0. The summed E-state index contributed by atoms with van der Waals surface area (Å²) in [7, 11) is 1.57. The minimum absolute atomic E-state index is 0.0609. The molecule has 0 aliphatic carbocycles. The van der Waals surface area contributed by atoms with Gasteiger partial charge in [-0.15, -0.1) is 0 Å². The van der Waals surface area contributed by atoms with E-state index in [0.29, 0.717) is 30.0 Å². The summed E-state index contributed by atoms with van der Waals surface area (Å²) in [6.07, 6.45) is 8.06. The molecule has 7 nitrogen and oxygen atoms in total. The molecular weight excluding hydrogens is 437 g/mol. The Kier molecular flexibility index (Phi) is 7.27. The third kappa shape index (κ3) is 5.46. The number of ketones is 1. The molecular formula is C26H28FN3O4. The van der Waals surface area contributed by atoms with E-state index < -0.39 is 0 Å². The molecule has 34 heavy (non-hydrogen) atoms. The minimum Gasteiger partial charge on any atom is -0.495 e. The third-order valence-corrected chi connectivity index (χ3v) is 5.91. The van der Waals surface area contributed by atoms with E-state index >= 15 is 0 Å². The Morgan fingerprint density at radius 3 is 2.74 bits per heavy atom. The van der Waals surface area contributed by atoms with Crippen LogP contribution in [0, 0.1) is 12.7 Å². The van der Waals surface area contributed by atoms with Crippen LogP contribution in [0.3, 0.4) is 0 Å². The van der Waals surface area contributed by atoms with E-state index in [2.05, 4.69) is 4.98 Å². The number of likely N-dealkylation sites (tertiary alicyclic amines) is 1. The SMILES string of the molecule is COc1cc(C(=O)C=CN2CC[C@H](Oc3ccc(F)cc3)C[C@H]2CO)ccc1-n1cnc(C)c1. The molecule has 1 fully saturated rings. The standard InChI is InChI=1S/C26H28FN3O4/c1-18-15-30(17-28-18)24-8-3-19(13-26(24)33-2)25(32)10-12-29-11-9-23(14-21(29)16-31)34-22-6-4-20(27)5-7-22/h3-8,10,12-13,15,17,21,23,31H,9,11,14,16H2,1-2H3/t21-,23-/m0/s1. The number of nitrogens with zero attached hydrogens (tertiary/aromatic N) is 3. The number of carbonyl (C=O) groups excluding carboxylic acids is 1. The number of aliphatic hydroxyl groups is 1. The Hall–Kier alpha value is -3.65. The van der Waals surface area contributed by atoms with E-state index in [1.54, 1.807) is 43.9 Å². The van der Waals surface area contributed by atoms with Crippen molar-refractivity contribution in [1.29, 1.82) is 0 Å². The van der Waals surface area contributed by atoms with E-state index in [9.17, 15) is 14.3 Å². The molecule has 2 aromatic carbocycles. The van der Waals surface area contributed by atoms with Crippen LogP contribution in [0.1, 0.15) is 28.9 Å². The highest BCUT2D eigenvalue weighted by molar-refractivity contribution is 6.04. The molecule has 2 heterocycles. The normalized spacial score (nSPS) is 18.3. The van der Waals surface area contributed by atoms with Gasteiger partial charge in [0, 0.05) is 43.4 Å². The number of halogens is 1. The monoisotopic (exact) mass is 465 g/mol. The quantitative estimate of drug-likeness (QED) is 0.401. The van der Waals surface area contributed by atoms with E-state index in [1.165, 1.54) is 18.2 Å². The van der Waals surface area contributed by atoms with Crippen LogP contribution in [-0.2, 0) is 0 Å². The average molecular weight is 466 g/mol. The van der Waals surface area contributed by atoms with Gasteiger partial charge in [-0.05, 0) is 49.4 Å². The predicted molar refractivity (Wildman–Crippen MR) is 126 cm³/mol. The summed E-state index contributed by atoms with van der Waals surface area (Å²) in [6, 6.07) is 11.0. The van der Waals surface area contributed by atoms with Gasteiger partial charge in [0.05, 0.1) is 37.5 Å². The fourth-order valence-corrected chi connectivity index (χ4v) is 4.08. The van der Waals surface area contributed by atoms with Crippen molar-refractivity contribution in [3.05, 3.63) is 84.3 Å². The lowest BCUT2D eigenvalue weighted by Crippen LogP contribution is -2.45. The zero-order valence-corrected chi connectivity index (χ0v) is 19.2. The largest absolute Gasteiger partial charge is 0.495 e. The van der Waals surface area contributed by atoms with Gasteiger partial charge >= 0.3 is 0 Å². The number of methoxy groups -OCH3 is 1. The molecule has 1 saturated heterocycles. The number of hydrogen-bond acceptors (Lipinski definition) is 6. The molecule has 1 aromatic heterocycles. The van der Waals surface area contributed by atoms with E-state index in [-0.39, 0.29) is 30.4 Å². The number of allylic oxidation sites excluding steroid dienone is 1. The lowest BCUT2D eigenvalue weighted by molar-refractivity contribution is 0.0539. The van der Waals surface area contributed by atoms with E-state index in [1.807, 2.05) is 28.7 Å². The lowest BCUT2D eigenvalue weighted by atomic mass is 10.00. The van der Waals surface area contributed by atoms with Gasteiger partial charge < -0.3 is 24.0 Å². The van der Waals surface area contributed by atoms with Crippen molar-refractivity contribution in [3.8, 4) is 17.2 Å². The summed E-state index contributed by atoms with van der Waals surface area (Å²) < 4.78 is 26.4. The van der Waals surface area contributed by atoms with Crippen molar-refractivity contribution in [2.45, 2.75) is 31.9 Å². The van der Waals surface area contributed by atoms with Crippen molar-refractivity contribution >= 4 is 5.78 Å². The molecule has 0 amide bonds. The maximum Gasteiger partial charge on any atom is 0.187 e. The van der Waals surface area contributed by atoms with Crippen LogP contribution in [0.4, 0.5) is 4.39 Å². The summed E-state index contributed by atoms with van der Waals surface area (Å²) in [6.45, 7) is 2.47. The Morgan fingerprint density at radius 1 is 1.26 bits per heavy atom. The molecule has 1 N–H and O–H groups in total. The molecule has 178 valence electrons. The number of imidazole rings is 1. The highest BCUT2D eigenvalue weighted by Crippen LogP contribution is 2.26. The topological polar surface area (TPSA) is 76.8 Å². The first-order valence-corrected chi connectivity index (χ1v) is 11.2. The third-order valence-electron chi connectivity index (χ3n) is 5.91. The number of aromatic nitrogens is 2. The zero-order valence-electron chi connectivity index (χ0n) is 19.2. The Bertz CT molecular complexity index is 1160. The van der Waals surface area contributed by atoms with Gasteiger partial charge in [0.2, 0.25) is 0 Å². The number of carbonyl (C=O) groups is 1. The molecule has 0 bridgehead atoms. The molecule has 1 aliphatic rings. The number of piperidine rings is 1. The summed E-state index contributed by atoms with van der Waals surface area (Å²) in [5, 5.41) is 9.88. The maximum absolute atomic E-state index is 13.1. The van der Waals surface area contributed by atoms with Gasteiger partial charge in [-0.25, -0.2) is 9.37 Å². The molecule has 0 unspecified atom stereocenters. The molecule has 4 rings (SSSR count). The van der Waals surface area contributed by atoms with Crippen LogP contribution in [0.15, 0.2) is 67.3 Å². The average Bonchev–Trinajstić information content (AvgIpc) is 3.29. The lowest BCUT2D eigenvalue weighted by Gasteiger charge is -2.38. The first-order valence-electron chi connectivity index (χ1n) is 11.2. The molecule has 8 heteroatoms. The number of benzene rings is 2. The molecule has 2 atom stereocenters. The van der Waals surface area contributed by atoms with Crippen LogP contribution < -0.4 is 9.47 Å². The van der Waals surface area contributed by atoms with E-state index in [0.717, 1.165) is 17.8 Å². The van der Waals surface area contributed by atoms with Crippen LogP contribution >= 0.6 is 0 Å². The van der Waals surface area contributed by atoms with Gasteiger partial charge in [-0.3, -0.25) is 4.79 Å². The van der Waals surface area contributed by atoms with Gasteiger partial charge in [0.1, 0.15) is 23.4 Å². The Balaban J connectivity index is 1.40. The van der Waals surface area contributed by atoms with Crippen molar-refractivity contribution in [3.63, 3.8) is 0 Å². The second kappa shape index (κ2) is 10.5. The fourth-order valence-electron chi connectivity index (χ4n) is 4.08. The smallest absolute Gasteiger partial charge is 0.187 e. The minimum atomic E-state index is -0.311. The first-order chi connectivity index (χ1) is 16.5. The van der Waals surface area contributed by atoms with Crippen LogP contribution in [-0.4, -0.2) is 57.7 Å². The predicted octanol–water partition coefficient (Wildman–Crippen LogP) is 3.93. The van der Waals surface area contributed by atoms with Gasteiger partial charge in [0.25, 0.3) is 0 Å². The zero-order chi connectivity index (χ0) is 24.1. The van der Waals surface area contributed by atoms with Gasteiger partial charge in [0.15, 0.2) is 5.78 Å². The highest BCUT2D eigenvalue weighted by Gasteiger charge is 2.27. The van der Waals surface area contributed by atoms with Crippen molar-refractivity contribution in [2.24, 2.45) is 0 Å². The number of ether oxygens (including phenoxy) is 2. The molecule has 0 radical (unpaired) electrons. The van der Waals surface area contributed by atoms with Crippen LogP contribution in [0.5, 0.6) is 11.5 Å². The maximum atomic E-state index is 13.1. The molecule has 3 aromatic rings. The second-order valence-corrected chi connectivity index (χ2v) is 8.28. The Morgan fingerprint density at radius 2 is 2.06 bits per heavy atom. The molecule has 0 spiro atoms. The number of rotatable bonds is 8. The summed E-state index contributed by atoms with van der Waals surface area (Å²) in [5.74, 6) is 0.705. The molecule has 0 saturated carbocycles. The van der Waals surface area contributed by atoms with Crippen LogP contribution in [0.2, 0.25) is 0 Å². The van der Waals surface area contributed by atoms with Gasteiger partial charge in [-0.1, -0.05) is 0 Å². The summed E-state index contributed by atoms with van der Waals surface area (Å²) >= 11 is 0. The summed E-state index contributed by atoms with van der Waals surface area (Å²) in [5.41, 5.74) is 2.19. The first kappa shape index (κ1) is 23.5. The van der Waals surface area contributed by atoms with Gasteiger partial charge in [-0.2, -0.15) is 0 Å². The number of aryl methyl sites for hydroxylation is 1. The van der Waals surface area contributed by atoms with Crippen molar-refractivity contribution in [2.75, 3.05) is 20.3 Å². The fraction of sp³-hybridized carbons (Fsp3) is 0.308. The van der Waals surface area contributed by atoms with Crippen molar-refractivity contribution < 1.29 is 23.8 Å². The second-order valence-electron chi connectivity index (χ2n) is 8.28.